The molecule has 3 rings (SSSR count). The van der Waals surface area contributed by atoms with Crippen LogP contribution in [0, 0.1) is 0 Å². The molecule has 0 saturated heterocycles. The smallest absolute Gasteiger partial charge is 0.433 e. The van der Waals surface area contributed by atoms with E-state index >= 15 is 0 Å². The first-order valence-corrected chi connectivity index (χ1v) is 10.9. The molecule has 1 aromatic carbocycles. The number of hydrogen-bond donors (Lipinski definition) is 0. The van der Waals surface area contributed by atoms with Crippen molar-refractivity contribution >= 4 is 15.7 Å². The van der Waals surface area contributed by atoms with Gasteiger partial charge >= 0.3 is 12.4 Å². The molecule has 13 heteroatoms. The van der Waals surface area contributed by atoms with E-state index in [4.69, 9.17) is 4.74 Å². The number of hydrogen-bond acceptors (Lipinski definition) is 5. The largest absolute Gasteiger partial charge is 0.480 e. The summed E-state index contributed by atoms with van der Waals surface area (Å²) in [6.07, 6.45) is -10.9. The number of halogens is 6. The van der Waals surface area contributed by atoms with Crippen LogP contribution in [0.15, 0.2) is 35.2 Å². The SMILES string of the molecule is C[C@H](Oc1ccc(S(C)(=O)=O)cc1C(=O)N1Cc2ccc(C(F)(F)F)nc2C1)C(F)(F)F. The Kier molecular flexibility index (Phi) is 5.91. The van der Waals surface area contributed by atoms with E-state index in [0.29, 0.717) is 12.5 Å². The van der Waals surface area contributed by atoms with Gasteiger partial charge in [0.15, 0.2) is 15.9 Å². The maximum absolute atomic E-state index is 13.0. The zero-order valence-electron chi connectivity index (χ0n) is 16.6. The van der Waals surface area contributed by atoms with Crippen LogP contribution in [0.1, 0.15) is 34.2 Å². The molecule has 1 aliphatic rings. The van der Waals surface area contributed by atoms with Gasteiger partial charge in [-0.05, 0) is 36.8 Å². The van der Waals surface area contributed by atoms with Crippen molar-refractivity contribution in [3.05, 3.63) is 52.8 Å². The third-order valence-electron chi connectivity index (χ3n) is 4.72. The molecule has 0 unspecified atom stereocenters. The highest BCUT2D eigenvalue weighted by Crippen LogP contribution is 2.33. The topological polar surface area (TPSA) is 76.6 Å². The van der Waals surface area contributed by atoms with Gasteiger partial charge in [0.05, 0.1) is 22.7 Å². The van der Waals surface area contributed by atoms with Crippen molar-refractivity contribution in [3.63, 3.8) is 0 Å². The maximum atomic E-state index is 13.0. The lowest BCUT2D eigenvalue weighted by Crippen LogP contribution is -2.32. The number of aromatic nitrogens is 1. The van der Waals surface area contributed by atoms with Crippen LogP contribution in [0.25, 0.3) is 0 Å². The van der Waals surface area contributed by atoms with E-state index in [1.54, 1.807) is 0 Å². The Hall–Kier alpha value is -2.83. The fraction of sp³-hybridized carbons (Fsp3) is 0.368. The van der Waals surface area contributed by atoms with Crippen LogP contribution < -0.4 is 4.74 Å². The molecular formula is C19H16F6N2O4S. The normalized spacial score (nSPS) is 15.4. The van der Waals surface area contributed by atoms with Crippen molar-refractivity contribution in [1.29, 1.82) is 0 Å². The molecule has 0 N–H and O–H groups in total. The summed E-state index contributed by atoms with van der Waals surface area (Å²) in [6.45, 7) is 0.221. The number of fused-ring (bicyclic) bond motifs is 1. The molecule has 0 aliphatic carbocycles. The Morgan fingerprint density at radius 3 is 2.31 bits per heavy atom. The van der Waals surface area contributed by atoms with Gasteiger partial charge in [-0.15, -0.1) is 0 Å². The quantitative estimate of drug-likeness (QED) is 0.616. The van der Waals surface area contributed by atoms with Gasteiger partial charge in [-0.2, -0.15) is 26.3 Å². The van der Waals surface area contributed by atoms with E-state index in [9.17, 15) is 39.6 Å². The van der Waals surface area contributed by atoms with Crippen molar-refractivity contribution in [1.82, 2.24) is 9.88 Å². The molecule has 2 aromatic rings. The number of carbonyl (C=O) groups excluding carboxylic acids is 1. The number of amides is 1. The molecule has 0 saturated carbocycles. The summed E-state index contributed by atoms with van der Waals surface area (Å²) in [6, 6.07) is 4.74. The lowest BCUT2D eigenvalue weighted by molar-refractivity contribution is -0.189. The minimum Gasteiger partial charge on any atom is -0.480 e. The number of sulfone groups is 1. The first-order valence-electron chi connectivity index (χ1n) is 9.00. The van der Waals surface area contributed by atoms with E-state index < -0.39 is 51.2 Å². The van der Waals surface area contributed by atoms with Crippen LogP contribution >= 0.6 is 0 Å². The molecule has 0 fully saturated rings. The lowest BCUT2D eigenvalue weighted by Gasteiger charge is -2.22. The number of rotatable bonds is 4. The summed E-state index contributed by atoms with van der Waals surface area (Å²) in [5.74, 6) is -1.42. The van der Waals surface area contributed by atoms with Gasteiger partial charge in [-0.25, -0.2) is 13.4 Å². The Morgan fingerprint density at radius 1 is 1.09 bits per heavy atom. The van der Waals surface area contributed by atoms with Crippen molar-refractivity contribution in [2.45, 2.75) is 43.4 Å². The van der Waals surface area contributed by atoms with Crippen LogP contribution in [0.4, 0.5) is 26.3 Å². The summed E-state index contributed by atoms with van der Waals surface area (Å²) in [5, 5.41) is 0. The third kappa shape index (κ3) is 4.97. The van der Waals surface area contributed by atoms with Crippen molar-refractivity contribution < 1.29 is 44.3 Å². The summed E-state index contributed by atoms with van der Waals surface area (Å²) in [5.41, 5.74) is -1.30. The van der Waals surface area contributed by atoms with E-state index in [1.165, 1.54) is 0 Å². The summed E-state index contributed by atoms with van der Waals surface area (Å²) < 4.78 is 106. The van der Waals surface area contributed by atoms with E-state index in [-0.39, 0.29) is 23.7 Å². The van der Waals surface area contributed by atoms with Gasteiger partial charge in [0.1, 0.15) is 11.4 Å². The average Bonchev–Trinajstić information content (AvgIpc) is 3.08. The van der Waals surface area contributed by atoms with Gasteiger partial charge in [-0.3, -0.25) is 4.79 Å². The molecule has 1 amide bonds. The molecule has 32 heavy (non-hydrogen) atoms. The van der Waals surface area contributed by atoms with Crippen LogP contribution in [0.2, 0.25) is 0 Å². The Labute approximate surface area is 178 Å². The number of nitrogens with zero attached hydrogens (tertiary/aromatic N) is 2. The molecule has 0 bridgehead atoms. The second kappa shape index (κ2) is 7.94. The maximum Gasteiger partial charge on any atom is 0.433 e. The fourth-order valence-corrected chi connectivity index (χ4v) is 3.64. The summed E-state index contributed by atoms with van der Waals surface area (Å²) in [7, 11) is -3.82. The highest BCUT2D eigenvalue weighted by atomic mass is 32.2. The van der Waals surface area contributed by atoms with Crippen LogP contribution in [0.3, 0.4) is 0 Å². The van der Waals surface area contributed by atoms with Crippen LogP contribution in [0.5, 0.6) is 5.75 Å². The minimum atomic E-state index is -4.75. The molecule has 0 radical (unpaired) electrons. The van der Waals surface area contributed by atoms with E-state index in [0.717, 1.165) is 41.5 Å². The zero-order chi connectivity index (χ0) is 24.1. The van der Waals surface area contributed by atoms with Gasteiger partial charge in [0.25, 0.3) is 5.91 Å². The molecule has 174 valence electrons. The highest BCUT2D eigenvalue weighted by Gasteiger charge is 2.39. The van der Waals surface area contributed by atoms with E-state index in [1.807, 2.05) is 0 Å². The predicted molar refractivity (Wildman–Crippen MR) is 98.5 cm³/mol. The molecule has 1 atom stereocenters. The molecular weight excluding hydrogens is 466 g/mol. The molecule has 1 aromatic heterocycles. The first-order chi connectivity index (χ1) is 14.6. The standard InChI is InChI=1S/C19H16F6N2O4S/c1-10(18(20,21)22)31-15-5-4-12(32(2,29)30)7-13(15)17(28)27-8-11-3-6-16(19(23,24)25)26-14(11)9-27/h3-7,10H,8-9H2,1-2H3/t10-/m0/s1. The number of carbonyl (C=O) groups is 1. The zero-order valence-corrected chi connectivity index (χ0v) is 17.4. The molecule has 2 heterocycles. The predicted octanol–water partition coefficient (Wildman–Crippen LogP) is 3.99. The molecule has 1 aliphatic heterocycles. The van der Waals surface area contributed by atoms with Crippen LogP contribution in [-0.4, -0.2) is 42.7 Å². The van der Waals surface area contributed by atoms with Crippen molar-refractivity contribution in [2.24, 2.45) is 0 Å². The minimum absolute atomic E-state index is 0.0152. The fourth-order valence-electron chi connectivity index (χ4n) is 2.99. The summed E-state index contributed by atoms with van der Waals surface area (Å²) in [4.78, 5) is 17.3. The Bertz CT molecular complexity index is 1160. The highest BCUT2D eigenvalue weighted by molar-refractivity contribution is 7.90. The van der Waals surface area contributed by atoms with Gasteiger partial charge in [-0.1, -0.05) is 6.07 Å². The number of ether oxygens (including phenoxy) is 1. The van der Waals surface area contributed by atoms with Gasteiger partial charge in [0, 0.05) is 12.8 Å². The van der Waals surface area contributed by atoms with Crippen molar-refractivity contribution in [2.75, 3.05) is 6.26 Å². The monoisotopic (exact) mass is 482 g/mol. The first kappa shape index (κ1) is 23.8. The Balaban J connectivity index is 1.97. The third-order valence-corrected chi connectivity index (χ3v) is 5.83. The number of benzene rings is 1. The molecule has 6 nitrogen and oxygen atoms in total. The van der Waals surface area contributed by atoms with Crippen LogP contribution in [-0.2, 0) is 29.1 Å². The molecule has 0 spiro atoms. The van der Waals surface area contributed by atoms with Gasteiger partial charge in [0.2, 0.25) is 0 Å². The van der Waals surface area contributed by atoms with E-state index in [2.05, 4.69) is 4.98 Å². The number of alkyl halides is 6. The summed E-state index contributed by atoms with van der Waals surface area (Å²) >= 11 is 0. The second-order valence-corrected chi connectivity index (χ2v) is 9.21. The second-order valence-electron chi connectivity index (χ2n) is 7.19. The number of pyridine rings is 1. The van der Waals surface area contributed by atoms with Crippen molar-refractivity contribution in [3.8, 4) is 5.75 Å². The lowest BCUT2D eigenvalue weighted by atomic mass is 10.1. The average molecular weight is 482 g/mol. The van der Waals surface area contributed by atoms with Gasteiger partial charge < -0.3 is 9.64 Å². The Morgan fingerprint density at radius 2 is 1.75 bits per heavy atom.